The fourth-order valence-corrected chi connectivity index (χ4v) is 1.41. The van der Waals surface area contributed by atoms with Crippen LogP contribution in [0.25, 0.3) is 0 Å². The minimum absolute atomic E-state index is 0.136. The first-order chi connectivity index (χ1) is 6.69. The van der Waals surface area contributed by atoms with E-state index in [2.05, 4.69) is 11.6 Å². The first-order valence-corrected chi connectivity index (χ1v) is 4.54. The van der Waals surface area contributed by atoms with Crippen molar-refractivity contribution in [2.45, 2.75) is 31.9 Å². The van der Waals surface area contributed by atoms with Crippen molar-refractivity contribution in [3.63, 3.8) is 0 Å². The van der Waals surface area contributed by atoms with Gasteiger partial charge in [-0.15, -0.1) is 0 Å². The van der Waals surface area contributed by atoms with Gasteiger partial charge in [0.15, 0.2) is 0 Å². The Bertz CT molecular complexity index is 272. The Hall–Kier alpha value is -1.26. The van der Waals surface area contributed by atoms with Crippen LogP contribution in [-0.2, 0) is 14.2 Å². The number of aliphatic imine (C=N–C) groups is 1. The summed E-state index contributed by atoms with van der Waals surface area (Å²) in [5, 5.41) is 0. The fourth-order valence-electron chi connectivity index (χ4n) is 1.41. The van der Waals surface area contributed by atoms with Gasteiger partial charge in [0.1, 0.15) is 0 Å². The zero-order valence-corrected chi connectivity index (χ0v) is 8.10. The van der Waals surface area contributed by atoms with Gasteiger partial charge >= 0.3 is 82.5 Å². The van der Waals surface area contributed by atoms with E-state index in [1.807, 2.05) is 6.92 Å². The van der Waals surface area contributed by atoms with Crippen LogP contribution in [0, 0.1) is 0 Å². The van der Waals surface area contributed by atoms with E-state index in [1.165, 1.54) is 6.11 Å². The van der Waals surface area contributed by atoms with E-state index in [9.17, 15) is 9.50 Å². The molecule has 0 radical (unpaired) electrons. The van der Waals surface area contributed by atoms with Gasteiger partial charge < -0.3 is 0 Å². The Labute approximate surface area is 83.3 Å². The molecular weight excluding hydrogens is 181 g/mol. The number of rotatable bonds is 4. The van der Waals surface area contributed by atoms with Crippen LogP contribution in [0.5, 0.6) is 0 Å². The van der Waals surface area contributed by atoms with Crippen LogP contribution in [0.1, 0.15) is 19.8 Å². The van der Waals surface area contributed by atoms with Crippen LogP contribution in [0.2, 0.25) is 0 Å². The number of carbonyl (C=O) groups is 1. The number of cyclic esters (lactones) is 1. The molecule has 1 heterocycles. The second kappa shape index (κ2) is 4.84. The van der Waals surface area contributed by atoms with Gasteiger partial charge in [0.25, 0.3) is 0 Å². The van der Waals surface area contributed by atoms with E-state index in [-0.39, 0.29) is 18.1 Å². The van der Waals surface area contributed by atoms with Crippen LogP contribution in [0.4, 0.5) is 0 Å². The predicted molar refractivity (Wildman–Crippen MR) is 52.6 cm³/mol. The SMILES string of the molecule is C=C1CC(C(CC)/N=C/B=O)OC1=O. The summed E-state index contributed by atoms with van der Waals surface area (Å²) in [5.41, 5.74) is 0.481. The molecule has 0 saturated carbocycles. The zero-order valence-electron chi connectivity index (χ0n) is 8.10. The molecule has 2 atom stereocenters. The summed E-state index contributed by atoms with van der Waals surface area (Å²) < 4.78 is 15.1. The molecule has 0 spiro atoms. The molecule has 0 amide bonds. The Kier molecular flexibility index (Phi) is 3.74. The molecule has 0 aromatic rings. The van der Waals surface area contributed by atoms with Crippen molar-refractivity contribution < 1.29 is 14.2 Å². The first kappa shape index (κ1) is 10.8. The number of ether oxygens (including phenoxy) is 1. The maximum absolute atomic E-state index is 11.0. The first-order valence-electron chi connectivity index (χ1n) is 4.54. The molecule has 1 saturated heterocycles. The van der Waals surface area contributed by atoms with E-state index in [0.717, 1.165) is 6.42 Å². The van der Waals surface area contributed by atoms with Gasteiger partial charge in [-0.05, 0) is 0 Å². The Balaban J connectivity index is 2.63. The van der Waals surface area contributed by atoms with E-state index in [1.54, 1.807) is 0 Å². The molecule has 5 heteroatoms. The maximum atomic E-state index is 11.0. The summed E-state index contributed by atoms with van der Waals surface area (Å²) in [6.45, 7) is 5.52. The summed E-state index contributed by atoms with van der Waals surface area (Å²) in [5.74, 6) is -0.352. The molecule has 0 bridgehead atoms. The topological polar surface area (TPSA) is 55.7 Å². The Morgan fingerprint density at radius 2 is 2.57 bits per heavy atom. The van der Waals surface area contributed by atoms with Gasteiger partial charge in [0, 0.05) is 0 Å². The number of esters is 1. The van der Waals surface area contributed by atoms with Gasteiger partial charge in [-0.25, -0.2) is 0 Å². The van der Waals surface area contributed by atoms with Gasteiger partial charge in [0.05, 0.1) is 0 Å². The monoisotopic (exact) mass is 193 g/mol. The Morgan fingerprint density at radius 3 is 3.00 bits per heavy atom. The number of hydrogen-bond donors (Lipinski definition) is 0. The van der Waals surface area contributed by atoms with Crippen LogP contribution >= 0.6 is 0 Å². The van der Waals surface area contributed by atoms with Crippen molar-refractivity contribution in [3.8, 4) is 0 Å². The molecule has 1 aliphatic rings. The molecule has 0 aromatic carbocycles. The molecule has 2 unspecified atom stereocenters. The number of carbonyl (C=O) groups excluding carboxylic acids is 1. The quantitative estimate of drug-likeness (QED) is 0.286. The standard InChI is InChI=1S/C9H12BNO3/c1-3-7(11-5-10-13)8-4-6(2)9(12)14-8/h5,7-8H,2-4H2,1H3/b11-5+. The molecule has 1 fully saturated rings. The minimum atomic E-state index is -0.352. The van der Waals surface area contributed by atoms with E-state index >= 15 is 0 Å². The van der Waals surface area contributed by atoms with E-state index < -0.39 is 0 Å². The second-order valence-corrected chi connectivity index (χ2v) is 3.16. The van der Waals surface area contributed by atoms with Crippen molar-refractivity contribution >= 4 is 19.2 Å². The molecule has 4 nitrogen and oxygen atoms in total. The van der Waals surface area contributed by atoms with Crippen LogP contribution in [0.3, 0.4) is 0 Å². The van der Waals surface area contributed by atoms with Crippen LogP contribution in [-0.4, -0.2) is 31.4 Å². The number of hydrogen-bond acceptors (Lipinski definition) is 4. The summed E-state index contributed by atoms with van der Waals surface area (Å²) in [7, 11) is 0.619. The summed E-state index contributed by atoms with van der Waals surface area (Å²) in [6.07, 6.45) is 2.18. The average Bonchev–Trinajstić information content (AvgIpc) is 2.48. The second-order valence-electron chi connectivity index (χ2n) is 3.16. The summed E-state index contributed by atoms with van der Waals surface area (Å²) in [6, 6.07) is -0.136. The molecule has 1 rings (SSSR count). The zero-order chi connectivity index (χ0) is 10.6. The molecule has 0 aliphatic carbocycles. The van der Waals surface area contributed by atoms with E-state index in [4.69, 9.17) is 4.74 Å². The summed E-state index contributed by atoms with van der Waals surface area (Å²) in [4.78, 5) is 15.0. The normalized spacial score (nSPS) is 23.6. The van der Waals surface area contributed by atoms with E-state index in [0.29, 0.717) is 19.1 Å². The molecule has 74 valence electrons. The fraction of sp³-hybridized carbons (Fsp3) is 0.556. The van der Waals surface area contributed by atoms with Crippen molar-refractivity contribution in [1.82, 2.24) is 0 Å². The van der Waals surface area contributed by atoms with Crippen molar-refractivity contribution in [3.05, 3.63) is 12.2 Å². The van der Waals surface area contributed by atoms with Crippen molar-refractivity contribution in [2.75, 3.05) is 0 Å². The number of nitrogens with zero attached hydrogens (tertiary/aromatic N) is 1. The average molecular weight is 193 g/mol. The van der Waals surface area contributed by atoms with Gasteiger partial charge in [-0.3, -0.25) is 0 Å². The molecule has 14 heavy (non-hydrogen) atoms. The third-order valence-electron chi connectivity index (χ3n) is 2.18. The van der Waals surface area contributed by atoms with Crippen molar-refractivity contribution in [2.24, 2.45) is 4.99 Å². The third kappa shape index (κ3) is 2.37. The van der Waals surface area contributed by atoms with Gasteiger partial charge in [-0.2, -0.15) is 0 Å². The predicted octanol–water partition coefficient (Wildman–Crippen LogP) is 0.715. The molecule has 1 aliphatic heterocycles. The van der Waals surface area contributed by atoms with Crippen LogP contribution in [0.15, 0.2) is 17.1 Å². The van der Waals surface area contributed by atoms with Gasteiger partial charge in [0.2, 0.25) is 0 Å². The molecule has 0 aromatic heterocycles. The van der Waals surface area contributed by atoms with Gasteiger partial charge in [-0.1, -0.05) is 0 Å². The van der Waals surface area contributed by atoms with Crippen LogP contribution < -0.4 is 0 Å². The molecular formula is C9H12BNO3. The molecule has 0 N–H and O–H groups in total. The summed E-state index contributed by atoms with van der Waals surface area (Å²) >= 11 is 0. The third-order valence-corrected chi connectivity index (χ3v) is 2.18. The Morgan fingerprint density at radius 1 is 1.86 bits per heavy atom. The van der Waals surface area contributed by atoms with Crippen molar-refractivity contribution in [1.29, 1.82) is 0 Å².